The summed E-state index contributed by atoms with van der Waals surface area (Å²) in [6, 6.07) is 4.33. The lowest BCUT2D eigenvalue weighted by Gasteiger charge is -2.09. The summed E-state index contributed by atoms with van der Waals surface area (Å²) >= 11 is 6.06. The van der Waals surface area contributed by atoms with Gasteiger partial charge in [-0.25, -0.2) is 0 Å². The van der Waals surface area contributed by atoms with Gasteiger partial charge in [0.1, 0.15) is 0 Å². The summed E-state index contributed by atoms with van der Waals surface area (Å²) in [6.07, 6.45) is 0. The van der Waals surface area contributed by atoms with Crippen LogP contribution in [0, 0.1) is 6.92 Å². The molecule has 1 aromatic rings. The summed E-state index contributed by atoms with van der Waals surface area (Å²) in [5.74, 6) is 0. The van der Waals surface area contributed by atoms with Crippen molar-refractivity contribution in [2.45, 2.75) is 26.9 Å². The van der Waals surface area contributed by atoms with E-state index in [1.54, 1.807) is 0 Å². The second-order valence-corrected chi connectivity index (χ2v) is 4.08. The van der Waals surface area contributed by atoms with Crippen molar-refractivity contribution < 1.29 is 0 Å². The SMILES string of the molecule is CCN1Cc2cc(C)c(Cl)cc2C1. The van der Waals surface area contributed by atoms with E-state index in [1.807, 2.05) is 0 Å². The third-order valence-electron chi connectivity index (χ3n) is 2.72. The Bertz CT molecular complexity index is 302. The number of rotatable bonds is 1. The number of aryl methyl sites for hydroxylation is 1. The van der Waals surface area contributed by atoms with Crippen LogP contribution in [0.3, 0.4) is 0 Å². The van der Waals surface area contributed by atoms with Crippen LogP contribution >= 0.6 is 11.6 Å². The van der Waals surface area contributed by atoms with Crippen LogP contribution in [0.1, 0.15) is 23.6 Å². The van der Waals surface area contributed by atoms with E-state index >= 15 is 0 Å². The molecule has 0 aromatic heterocycles. The van der Waals surface area contributed by atoms with Gasteiger partial charge in [0, 0.05) is 18.1 Å². The lowest BCUT2D eigenvalue weighted by Crippen LogP contribution is -2.14. The molecule has 1 aliphatic rings. The Hall–Kier alpha value is -0.530. The number of fused-ring (bicyclic) bond motifs is 1. The minimum Gasteiger partial charge on any atom is -0.295 e. The highest BCUT2D eigenvalue weighted by Gasteiger charge is 2.17. The van der Waals surface area contributed by atoms with Gasteiger partial charge in [-0.2, -0.15) is 0 Å². The predicted molar refractivity (Wildman–Crippen MR) is 56.0 cm³/mol. The van der Waals surface area contributed by atoms with Crippen LogP contribution in [0.2, 0.25) is 5.02 Å². The zero-order valence-electron chi connectivity index (χ0n) is 8.10. The van der Waals surface area contributed by atoms with Gasteiger partial charge >= 0.3 is 0 Å². The fourth-order valence-corrected chi connectivity index (χ4v) is 2.02. The van der Waals surface area contributed by atoms with E-state index in [2.05, 4.69) is 30.9 Å². The smallest absolute Gasteiger partial charge is 0.0438 e. The first-order valence-electron chi connectivity index (χ1n) is 4.71. The Kier molecular flexibility index (Phi) is 2.31. The quantitative estimate of drug-likeness (QED) is 0.666. The van der Waals surface area contributed by atoms with Gasteiger partial charge < -0.3 is 0 Å². The molecule has 0 atom stereocenters. The molecule has 1 aromatic carbocycles. The predicted octanol–water partition coefficient (Wildman–Crippen LogP) is 2.98. The van der Waals surface area contributed by atoms with E-state index in [1.165, 1.54) is 16.7 Å². The topological polar surface area (TPSA) is 3.24 Å². The molecule has 0 N–H and O–H groups in total. The highest BCUT2D eigenvalue weighted by Crippen LogP contribution is 2.27. The summed E-state index contributed by atoms with van der Waals surface area (Å²) in [4.78, 5) is 2.42. The van der Waals surface area contributed by atoms with Gasteiger partial charge in [0.05, 0.1) is 0 Å². The maximum absolute atomic E-state index is 6.06. The molecule has 70 valence electrons. The van der Waals surface area contributed by atoms with Crippen LogP contribution < -0.4 is 0 Å². The van der Waals surface area contributed by atoms with Crippen LogP contribution in [0.15, 0.2) is 12.1 Å². The molecule has 0 unspecified atom stereocenters. The molecule has 2 rings (SSSR count). The van der Waals surface area contributed by atoms with Gasteiger partial charge in [0.2, 0.25) is 0 Å². The van der Waals surface area contributed by atoms with Gasteiger partial charge in [-0.1, -0.05) is 24.6 Å². The van der Waals surface area contributed by atoms with E-state index < -0.39 is 0 Å². The Morgan fingerprint density at radius 3 is 2.54 bits per heavy atom. The zero-order valence-corrected chi connectivity index (χ0v) is 8.86. The zero-order chi connectivity index (χ0) is 9.42. The molecule has 1 heterocycles. The molecule has 0 radical (unpaired) electrons. The number of nitrogens with zero attached hydrogens (tertiary/aromatic N) is 1. The first-order chi connectivity index (χ1) is 6.20. The lowest BCUT2D eigenvalue weighted by molar-refractivity contribution is 0.301. The second-order valence-electron chi connectivity index (χ2n) is 3.67. The molecule has 0 spiro atoms. The van der Waals surface area contributed by atoms with E-state index in [0.717, 1.165) is 24.7 Å². The minimum atomic E-state index is 0.900. The molecule has 2 heteroatoms. The van der Waals surface area contributed by atoms with Crippen molar-refractivity contribution in [2.24, 2.45) is 0 Å². The first kappa shape index (κ1) is 9.04. The fraction of sp³-hybridized carbons (Fsp3) is 0.455. The average Bonchev–Trinajstić information content (AvgIpc) is 2.48. The molecule has 13 heavy (non-hydrogen) atoms. The van der Waals surface area contributed by atoms with Crippen molar-refractivity contribution in [1.29, 1.82) is 0 Å². The van der Waals surface area contributed by atoms with Crippen LogP contribution in [0.25, 0.3) is 0 Å². The molecule has 0 amide bonds. The van der Waals surface area contributed by atoms with Crippen molar-refractivity contribution in [1.82, 2.24) is 4.90 Å². The average molecular weight is 196 g/mol. The van der Waals surface area contributed by atoms with Crippen LogP contribution in [-0.4, -0.2) is 11.4 Å². The Balaban J connectivity index is 2.36. The van der Waals surface area contributed by atoms with E-state index in [4.69, 9.17) is 11.6 Å². The third kappa shape index (κ3) is 1.59. The van der Waals surface area contributed by atoms with Crippen molar-refractivity contribution in [3.05, 3.63) is 33.8 Å². The maximum Gasteiger partial charge on any atom is 0.0438 e. The fourth-order valence-electron chi connectivity index (χ4n) is 1.84. The Morgan fingerprint density at radius 1 is 1.31 bits per heavy atom. The Morgan fingerprint density at radius 2 is 1.92 bits per heavy atom. The van der Waals surface area contributed by atoms with E-state index in [0.29, 0.717) is 0 Å². The maximum atomic E-state index is 6.06. The molecule has 0 bridgehead atoms. The van der Waals surface area contributed by atoms with Crippen molar-refractivity contribution in [3.63, 3.8) is 0 Å². The number of hydrogen-bond donors (Lipinski definition) is 0. The van der Waals surface area contributed by atoms with Crippen molar-refractivity contribution >= 4 is 11.6 Å². The van der Waals surface area contributed by atoms with Gasteiger partial charge in [-0.3, -0.25) is 4.90 Å². The summed E-state index contributed by atoms with van der Waals surface area (Å²) in [7, 11) is 0. The number of hydrogen-bond acceptors (Lipinski definition) is 1. The lowest BCUT2D eigenvalue weighted by atomic mass is 10.1. The van der Waals surface area contributed by atoms with Crippen LogP contribution in [-0.2, 0) is 13.1 Å². The molecule has 0 aliphatic carbocycles. The van der Waals surface area contributed by atoms with Crippen molar-refractivity contribution in [2.75, 3.05) is 6.54 Å². The Labute approximate surface area is 84.3 Å². The van der Waals surface area contributed by atoms with Gasteiger partial charge in [0.25, 0.3) is 0 Å². The summed E-state index contributed by atoms with van der Waals surface area (Å²) < 4.78 is 0. The molecule has 0 saturated heterocycles. The van der Waals surface area contributed by atoms with E-state index in [9.17, 15) is 0 Å². The molecule has 1 aliphatic heterocycles. The molecular weight excluding hydrogens is 182 g/mol. The molecule has 1 nitrogen and oxygen atoms in total. The van der Waals surface area contributed by atoms with Crippen molar-refractivity contribution in [3.8, 4) is 0 Å². The van der Waals surface area contributed by atoms with E-state index in [-0.39, 0.29) is 0 Å². The van der Waals surface area contributed by atoms with Crippen LogP contribution in [0.4, 0.5) is 0 Å². The van der Waals surface area contributed by atoms with Gasteiger partial charge in [0.15, 0.2) is 0 Å². The summed E-state index contributed by atoms with van der Waals surface area (Å²) in [5, 5.41) is 0.900. The monoisotopic (exact) mass is 195 g/mol. The summed E-state index contributed by atoms with van der Waals surface area (Å²) in [6.45, 7) is 7.53. The number of halogens is 1. The minimum absolute atomic E-state index is 0.900. The number of benzene rings is 1. The highest BCUT2D eigenvalue weighted by molar-refractivity contribution is 6.31. The normalized spacial score (nSPS) is 16.2. The van der Waals surface area contributed by atoms with Gasteiger partial charge in [-0.05, 0) is 36.2 Å². The summed E-state index contributed by atoms with van der Waals surface area (Å²) in [5.41, 5.74) is 4.04. The molecule has 0 fully saturated rings. The molecule has 0 saturated carbocycles. The largest absolute Gasteiger partial charge is 0.295 e. The third-order valence-corrected chi connectivity index (χ3v) is 3.12. The second kappa shape index (κ2) is 3.32. The molecular formula is C11H14ClN. The van der Waals surface area contributed by atoms with Crippen LogP contribution in [0.5, 0.6) is 0 Å². The first-order valence-corrected chi connectivity index (χ1v) is 5.08. The highest BCUT2D eigenvalue weighted by atomic mass is 35.5. The standard InChI is InChI=1S/C11H14ClN/c1-3-13-6-9-4-8(2)11(12)5-10(9)7-13/h4-5H,3,6-7H2,1-2H3. The van der Waals surface area contributed by atoms with Gasteiger partial charge in [-0.15, -0.1) is 0 Å².